The van der Waals surface area contributed by atoms with Gasteiger partial charge < -0.3 is 14.4 Å². The van der Waals surface area contributed by atoms with Gasteiger partial charge >= 0.3 is 0 Å². The smallest absolute Gasteiger partial charge is 0.298 e. The fourth-order valence-corrected chi connectivity index (χ4v) is 3.16. The van der Waals surface area contributed by atoms with Gasteiger partial charge in [-0.1, -0.05) is 0 Å². The molecule has 4 heterocycles. The SMILES string of the molecule is O=CCCc1cn(-c2cncnc2)c(=O)c(N2CC3(COC3)C2)n1. The number of rotatable bonds is 5. The van der Waals surface area contributed by atoms with Gasteiger partial charge in [-0.25, -0.2) is 15.0 Å². The summed E-state index contributed by atoms with van der Waals surface area (Å²) in [6.07, 6.45) is 7.96. The lowest BCUT2D eigenvalue weighted by atomic mass is 9.78. The molecule has 0 bridgehead atoms. The van der Waals surface area contributed by atoms with Crippen LogP contribution in [0.25, 0.3) is 5.69 Å². The van der Waals surface area contributed by atoms with Crippen molar-refractivity contribution in [2.75, 3.05) is 31.2 Å². The van der Waals surface area contributed by atoms with Crippen LogP contribution in [0.3, 0.4) is 0 Å². The zero-order valence-electron chi connectivity index (χ0n) is 13.1. The summed E-state index contributed by atoms with van der Waals surface area (Å²) in [5.74, 6) is 0.416. The molecular weight excluding hydrogens is 310 g/mol. The van der Waals surface area contributed by atoms with E-state index in [2.05, 4.69) is 15.0 Å². The first-order valence-electron chi connectivity index (χ1n) is 7.85. The highest BCUT2D eigenvalue weighted by molar-refractivity contribution is 5.50. The van der Waals surface area contributed by atoms with Crippen LogP contribution in [0.4, 0.5) is 5.82 Å². The van der Waals surface area contributed by atoms with Gasteiger partial charge in [0.25, 0.3) is 5.56 Å². The van der Waals surface area contributed by atoms with Crippen LogP contribution in [0.5, 0.6) is 0 Å². The molecule has 0 radical (unpaired) electrons. The molecule has 124 valence electrons. The molecule has 0 atom stereocenters. The molecule has 0 amide bonds. The van der Waals surface area contributed by atoms with E-state index in [-0.39, 0.29) is 11.0 Å². The minimum absolute atomic E-state index is 0.188. The van der Waals surface area contributed by atoms with Crippen molar-refractivity contribution in [2.24, 2.45) is 5.41 Å². The Kier molecular flexibility index (Phi) is 3.61. The van der Waals surface area contributed by atoms with Gasteiger partial charge in [0.15, 0.2) is 5.82 Å². The van der Waals surface area contributed by atoms with E-state index in [9.17, 15) is 9.59 Å². The fourth-order valence-electron chi connectivity index (χ4n) is 3.16. The molecule has 0 aliphatic carbocycles. The summed E-state index contributed by atoms with van der Waals surface area (Å²) in [6.45, 7) is 3.04. The molecule has 2 aliphatic heterocycles. The molecule has 2 fully saturated rings. The number of aldehydes is 1. The van der Waals surface area contributed by atoms with Crippen molar-refractivity contribution in [3.8, 4) is 5.69 Å². The number of nitrogens with zero attached hydrogens (tertiary/aromatic N) is 5. The Hall–Kier alpha value is -2.61. The van der Waals surface area contributed by atoms with Crippen LogP contribution >= 0.6 is 0 Å². The van der Waals surface area contributed by atoms with E-state index in [1.807, 2.05) is 4.90 Å². The second-order valence-corrected chi connectivity index (χ2v) is 6.38. The van der Waals surface area contributed by atoms with E-state index < -0.39 is 0 Å². The van der Waals surface area contributed by atoms with Gasteiger partial charge in [0.05, 0.1) is 42.4 Å². The molecule has 2 aliphatic rings. The average Bonchev–Trinajstić information content (AvgIpc) is 2.53. The van der Waals surface area contributed by atoms with Gasteiger partial charge in [-0.15, -0.1) is 0 Å². The number of hydrogen-bond donors (Lipinski definition) is 0. The van der Waals surface area contributed by atoms with Gasteiger partial charge in [0.2, 0.25) is 0 Å². The normalized spacial score (nSPS) is 18.1. The summed E-state index contributed by atoms with van der Waals surface area (Å²) >= 11 is 0. The van der Waals surface area contributed by atoms with E-state index in [0.717, 1.165) is 32.6 Å². The monoisotopic (exact) mass is 327 g/mol. The first-order valence-corrected chi connectivity index (χ1v) is 7.85. The molecule has 2 saturated heterocycles. The summed E-state index contributed by atoms with van der Waals surface area (Å²) in [4.78, 5) is 37.9. The lowest BCUT2D eigenvalue weighted by molar-refractivity contribution is -0.127. The number of carbonyl (C=O) groups is 1. The fraction of sp³-hybridized carbons (Fsp3) is 0.438. The Morgan fingerprint density at radius 2 is 2.00 bits per heavy atom. The van der Waals surface area contributed by atoms with E-state index in [1.54, 1.807) is 18.6 Å². The van der Waals surface area contributed by atoms with Crippen molar-refractivity contribution in [1.82, 2.24) is 19.5 Å². The van der Waals surface area contributed by atoms with Crippen LogP contribution in [-0.4, -0.2) is 52.1 Å². The number of ether oxygens (including phenoxy) is 1. The highest BCUT2D eigenvalue weighted by Gasteiger charge is 2.50. The first kappa shape index (κ1) is 14.9. The third-order valence-electron chi connectivity index (χ3n) is 4.45. The Labute approximate surface area is 138 Å². The number of hydrogen-bond acceptors (Lipinski definition) is 7. The molecule has 8 nitrogen and oxygen atoms in total. The molecule has 2 aromatic rings. The van der Waals surface area contributed by atoms with Crippen molar-refractivity contribution >= 4 is 12.1 Å². The summed E-state index contributed by atoms with van der Waals surface area (Å²) < 4.78 is 6.78. The van der Waals surface area contributed by atoms with Crippen LogP contribution in [0, 0.1) is 5.41 Å². The van der Waals surface area contributed by atoms with Gasteiger partial charge in [-0.3, -0.25) is 9.36 Å². The van der Waals surface area contributed by atoms with Crippen LogP contribution in [0.1, 0.15) is 12.1 Å². The molecule has 4 rings (SSSR count). The van der Waals surface area contributed by atoms with Gasteiger partial charge in [0.1, 0.15) is 12.6 Å². The second kappa shape index (κ2) is 5.79. The van der Waals surface area contributed by atoms with Crippen molar-refractivity contribution in [3.05, 3.63) is 41.0 Å². The molecule has 0 unspecified atom stereocenters. The maximum Gasteiger partial charge on any atom is 0.298 e. The molecular formula is C16H17N5O3. The molecule has 0 aromatic carbocycles. The number of anilines is 1. The van der Waals surface area contributed by atoms with E-state index in [0.29, 0.717) is 30.0 Å². The quantitative estimate of drug-likeness (QED) is 0.713. The van der Waals surface area contributed by atoms with E-state index in [1.165, 1.54) is 10.9 Å². The highest BCUT2D eigenvalue weighted by atomic mass is 16.5. The summed E-state index contributed by atoms with van der Waals surface area (Å²) in [5.41, 5.74) is 1.27. The molecule has 0 saturated carbocycles. The van der Waals surface area contributed by atoms with Crippen LogP contribution in [-0.2, 0) is 16.0 Å². The van der Waals surface area contributed by atoms with E-state index in [4.69, 9.17) is 4.74 Å². The minimum Gasteiger partial charge on any atom is -0.380 e. The summed E-state index contributed by atoms with van der Waals surface area (Å²) in [6, 6.07) is 0. The Bertz CT molecular complexity index is 808. The standard InChI is InChI=1S/C16H17N5O3/c22-3-1-2-12-6-21(13-4-17-11-18-5-13)15(23)14(19-12)20-7-16(8-20)9-24-10-16/h3-6,11H,1-2,7-10H2. The zero-order chi connectivity index (χ0) is 16.6. The summed E-state index contributed by atoms with van der Waals surface area (Å²) in [5, 5.41) is 0. The van der Waals surface area contributed by atoms with E-state index >= 15 is 0 Å². The molecule has 24 heavy (non-hydrogen) atoms. The Morgan fingerprint density at radius 3 is 2.62 bits per heavy atom. The third-order valence-corrected chi connectivity index (χ3v) is 4.45. The highest BCUT2D eigenvalue weighted by Crippen LogP contribution is 2.38. The molecule has 0 N–H and O–H groups in total. The number of aromatic nitrogens is 4. The van der Waals surface area contributed by atoms with Crippen LogP contribution in [0.2, 0.25) is 0 Å². The average molecular weight is 327 g/mol. The Morgan fingerprint density at radius 1 is 1.25 bits per heavy atom. The number of carbonyl (C=O) groups excluding carboxylic acids is 1. The first-order chi connectivity index (χ1) is 11.7. The predicted octanol–water partition coefficient (Wildman–Crippen LogP) is -0.00940. The largest absolute Gasteiger partial charge is 0.380 e. The van der Waals surface area contributed by atoms with Crippen molar-refractivity contribution in [1.29, 1.82) is 0 Å². The third kappa shape index (κ3) is 2.48. The Balaban J connectivity index is 1.72. The number of aryl methyl sites for hydroxylation is 1. The topological polar surface area (TPSA) is 90.2 Å². The zero-order valence-corrected chi connectivity index (χ0v) is 13.1. The molecule has 1 spiro atoms. The summed E-state index contributed by atoms with van der Waals surface area (Å²) in [7, 11) is 0. The molecule has 8 heteroatoms. The molecule has 2 aromatic heterocycles. The van der Waals surface area contributed by atoms with Gasteiger partial charge in [-0.05, 0) is 6.42 Å². The van der Waals surface area contributed by atoms with Gasteiger partial charge in [-0.2, -0.15) is 0 Å². The van der Waals surface area contributed by atoms with Crippen LogP contribution < -0.4 is 10.5 Å². The maximum absolute atomic E-state index is 12.8. The van der Waals surface area contributed by atoms with Crippen molar-refractivity contribution < 1.29 is 9.53 Å². The lowest BCUT2D eigenvalue weighted by Crippen LogP contribution is -2.67. The van der Waals surface area contributed by atoms with Crippen molar-refractivity contribution in [3.63, 3.8) is 0 Å². The van der Waals surface area contributed by atoms with Crippen LogP contribution in [0.15, 0.2) is 29.7 Å². The maximum atomic E-state index is 12.8. The predicted molar refractivity (Wildman–Crippen MR) is 85.3 cm³/mol. The van der Waals surface area contributed by atoms with Gasteiger partial charge in [0, 0.05) is 25.7 Å². The second-order valence-electron chi connectivity index (χ2n) is 6.38. The lowest BCUT2D eigenvalue weighted by Gasteiger charge is -2.55. The van der Waals surface area contributed by atoms with Crippen molar-refractivity contribution in [2.45, 2.75) is 12.8 Å². The minimum atomic E-state index is -0.199.